The van der Waals surface area contributed by atoms with Gasteiger partial charge in [-0.15, -0.1) is 0 Å². The summed E-state index contributed by atoms with van der Waals surface area (Å²) in [7, 11) is 3.24. The zero-order valence-corrected chi connectivity index (χ0v) is 17.8. The second-order valence-corrected chi connectivity index (χ2v) is 8.13. The minimum Gasteiger partial charge on any atom is -0.480 e. The van der Waals surface area contributed by atoms with Gasteiger partial charge < -0.3 is 19.8 Å². The molecule has 0 bridgehead atoms. The highest BCUT2D eigenvalue weighted by atomic mass is 16.5. The van der Waals surface area contributed by atoms with E-state index in [0.717, 1.165) is 12.8 Å². The lowest BCUT2D eigenvalue weighted by Crippen LogP contribution is -2.42. The highest BCUT2D eigenvalue weighted by Gasteiger charge is 2.39. The fourth-order valence-corrected chi connectivity index (χ4v) is 4.17. The monoisotopic (exact) mass is 425 g/mol. The maximum absolute atomic E-state index is 12.4. The minimum absolute atomic E-state index is 0.124. The van der Waals surface area contributed by atoms with Crippen LogP contribution < -0.4 is 16.0 Å². The maximum atomic E-state index is 12.4. The van der Waals surface area contributed by atoms with Crippen molar-refractivity contribution in [3.05, 3.63) is 47.0 Å². The smallest absolute Gasteiger partial charge is 0.250 e. The Bertz CT molecular complexity index is 1090. The second-order valence-electron chi connectivity index (χ2n) is 8.13. The number of allylic oxidation sites excluding steroid dienone is 1. The van der Waals surface area contributed by atoms with Crippen molar-refractivity contribution in [2.24, 2.45) is 29.1 Å². The van der Waals surface area contributed by atoms with E-state index in [1.165, 1.54) is 10.6 Å². The van der Waals surface area contributed by atoms with Crippen molar-refractivity contribution in [1.29, 1.82) is 0 Å². The third-order valence-electron chi connectivity index (χ3n) is 6.11. The van der Waals surface area contributed by atoms with Gasteiger partial charge in [0.2, 0.25) is 11.8 Å². The van der Waals surface area contributed by atoms with Gasteiger partial charge in [0.05, 0.1) is 30.8 Å². The van der Waals surface area contributed by atoms with Gasteiger partial charge >= 0.3 is 0 Å². The van der Waals surface area contributed by atoms with Crippen molar-refractivity contribution in [2.75, 3.05) is 26.9 Å². The number of aliphatic imine (C=N–C) groups is 1. The average Bonchev–Trinajstić information content (AvgIpc) is 3.21. The molecule has 0 saturated carbocycles. The zero-order chi connectivity index (χ0) is 22.0. The summed E-state index contributed by atoms with van der Waals surface area (Å²) >= 11 is 0. The molecular formula is C22H27N5O4. The Morgan fingerprint density at radius 3 is 2.77 bits per heavy atom. The lowest BCUT2D eigenvalue weighted by atomic mass is 9.75. The number of dihydropyridines is 1. The molecule has 2 aliphatic heterocycles. The molecule has 0 spiro atoms. The maximum Gasteiger partial charge on any atom is 0.250 e. The van der Waals surface area contributed by atoms with E-state index in [1.54, 1.807) is 37.3 Å². The van der Waals surface area contributed by atoms with Crippen molar-refractivity contribution in [3.8, 4) is 17.0 Å². The van der Waals surface area contributed by atoms with Gasteiger partial charge in [0.15, 0.2) is 5.84 Å². The number of methoxy groups -OCH3 is 1. The first-order valence-corrected chi connectivity index (χ1v) is 10.3. The first-order chi connectivity index (χ1) is 14.9. The van der Waals surface area contributed by atoms with E-state index in [9.17, 15) is 9.59 Å². The summed E-state index contributed by atoms with van der Waals surface area (Å²) in [5.41, 5.74) is 6.26. The molecule has 1 unspecified atom stereocenters. The number of nitrogens with zero attached hydrogens (tertiary/aromatic N) is 4. The van der Waals surface area contributed by atoms with Crippen molar-refractivity contribution in [2.45, 2.75) is 19.3 Å². The first kappa shape index (κ1) is 21.0. The van der Waals surface area contributed by atoms with E-state index in [-0.39, 0.29) is 18.0 Å². The number of rotatable bonds is 5. The van der Waals surface area contributed by atoms with Gasteiger partial charge in [0, 0.05) is 32.5 Å². The molecule has 2 aliphatic rings. The molecule has 2 aromatic heterocycles. The Labute approximate surface area is 180 Å². The molecule has 0 radical (unpaired) electrons. The van der Waals surface area contributed by atoms with Crippen LogP contribution in [0.2, 0.25) is 0 Å². The Kier molecular flexibility index (Phi) is 5.77. The van der Waals surface area contributed by atoms with Crippen molar-refractivity contribution in [1.82, 2.24) is 14.3 Å². The molecule has 0 aromatic carbocycles. The van der Waals surface area contributed by atoms with Gasteiger partial charge in [-0.25, -0.2) is 0 Å². The molecule has 9 nitrogen and oxygen atoms in total. The zero-order valence-electron chi connectivity index (χ0n) is 17.8. The van der Waals surface area contributed by atoms with Crippen molar-refractivity contribution < 1.29 is 14.3 Å². The minimum atomic E-state index is -0.805. The number of ether oxygens (including phenoxy) is 2. The Balaban J connectivity index is 1.61. The predicted octanol–water partition coefficient (Wildman–Crippen LogP) is 1.36. The topological polar surface area (TPSA) is 114 Å². The fraction of sp³-hybridized carbons (Fsp3) is 0.455. The lowest BCUT2D eigenvalue weighted by molar-refractivity contribution is -0.126. The number of hydrogen-bond acceptors (Lipinski definition) is 6. The molecule has 2 aromatic rings. The third kappa shape index (κ3) is 4.05. The molecule has 1 amide bonds. The van der Waals surface area contributed by atoms with Crippen LogP contribution in [0.15, 0.2) is 46.5 Å². The molecule has 1 fully saturated rings. The summed E-state index contributed by atoms with van der Waals surface area (Å²) in [4.78, 5) is 29.0. The second kappa shape index (κ2) is 8.50. The molecule has 1 saturated heterocycles. The van der Waals surface area contributed by atoms with E-state index < -0.39 is 5.41 Å². The quantitative estimate of drug-likeness (QED) is 0.777. The number of hydrogen-bond donors (Lipinski definition) is 1. The summed E-state index contributed by atoms with van der Waals surface area (Å²) in [6.07, 6.45) is 9.47. The van der Waals surface area contributed by atoms with Crippen LogP contribution in [0, 0.1) is 11.3 Å². The van der Waals surface area contributed by atoms with Crippen LogP contribution >= 0.6 is 0 Å². The molecule has 0 aliphatic carbocycles. The molecule has 164 valence electrons. The number of amides is 1. The van der Waals surface area contributed by atoms with Crippen LogP contribution in [0.4, 0.5) is 0 Å². The van der Waals surface area contributed by atoms with Gasteiger partial charge in [-0.3, -0.25) is 14.6 Å². The summed E-state index contributed by atoms with van der Waals surface area (Å²) in [6.45, 7) is 1.69. The Hall–Kier alpha value is -3.20. The molecule has 1 atom stereocenters. The highest BCUT2D eigenvalue weighted by molar-refractivity contribution is 5.99. The Morgan fingerprint density at radius 2 is 2.16 bits per heavy atom. The summed E-state index contributed by atoms with van der Waals surface area (Å²) < 4.78 is 14.1. The number of nitrogens with two attached hydrogens (primary N) is 1. The number of aryl methyl sites for hydroxylation is 1. The van der Waals surface area contributed by atoms with Gasteiger partial charge in [0.25, 0.3) is 5.56 Å². The van der Waals surface area contributed by atoms with E-state index in [4.69, 9.17) is 15.2 Å². The van der Waals surface area contributed by atoms with Crippen molar-refractivity contribution >= 4 is 11.7 Å². The normalized spacial score (nSPS) is 21.7. The summed E-state index contributed by atoms with van der Waals surface area (Å²) in [5, 5.41) is 4.42. The highest BCUT2D eigenvalue weighted by Crippen LogP contribution is 2.36. The van der Waals surface area contributed by atoms with Gasteiger partial charge in [-0.1, -0.05) is 6.08 Å². The van der Waals surface area contributed by atoms with E-state index in [0.29, 0.717) is 48.4 Å². The molecule has 9 heteroatoms. The van der Waals surface area contributed by atoms with Gasteiger partial charge in [-0.05, 0) is 42.9 Å². The van der Waals surface area contributed by atoms with Gasteiger partial charge in [0.1, 0.15) is 0 Å². The number of carbonyl (C=O) groups excluding carboxylic acids is 1. The number of primary amides is 1. The third-order valence-corrected chi connectivity index (χ3v) is 6.11. The van der Waals surface area contributed by atoms with Crippen LogP contribution in [-0.2, 0) is 16.6 Å². The van der Waals surface area contributed by atoms with E-state index >= 15 is 0 Å². The van der Waals surface area contributed by atoms with Gasteiger partial charge in [-0.2, -0.15) is 9.78 Å². The fourth-order valence-electron chi connectivity index (χ4n) is 4.17. The molecule has 4 heterocycles. The largest absolute Gasteiger partial charge is 0.480 e. The lowest BCUT2D eigenvalue weighted by Gasteiger charge is -2.33. The van der Waals surface area contributed by atoms with Crippen LogP contribution in [-0.4, -0.2) is 53.0 Å². The summed E-state index contributed by atoms with van der Waals surface area (Å²) in [6, 6.07) is 3.37. The number of aromatic nitrogens is 3. The van der Waals surface area contributed by atoms with Crippen LogP contribution in [0.3, 0.4) is 0 Å². The number of carbonyl (C=O) groups is 1. The molecular weight excluding hydrogens is 398 g/mol. The SMILES string of the molecule is COc1c(-c2ccn(C)c(=O)c2)cnn1C1=NCC(CC2CCOCC2)(C(N)=O)C=C1. The number of pyridine rings is 1. The van der Waals surface area contributed by atoms with Crippen LogP contribution in [0.1, 0.15) is 19.3 Å². The molecule has 4 rings (SSSR count). The Morgan fingerprint density at radius 1 is 1.39 bits per heavy atom. The molecule has 31 heavy (non-hydrogen) atoms. The standard InChI is InChI=1S/C22H27N5O4/c1-26-8-4-16(11-19(26)28)17-13-25-27(20(17)30-2)18-3-7-22(14-24-18,21(23)29)12-15-5-9-31-10-6-15/h3-4,7-8,11,13,15H,5-6,9-10,12,14H2,1-2H3,(H2,23,29). The molecule has 2 N–H and O–H groups in total. The van der Waals surface area contributed by atoms with Crippen molar-refractivity contribution in [3.63, 3.8) is 0 Å². The van der Waals surface area contributed by atoms with E-state index in [1.807, 2.05) is 12.1 Å². The first-order valence-electron chi connectivity index (χ1n) is 10.3. The van der Waals surface area contributed by atoms with E-state index in [2.05, 4.69) is 10.1 Å². The van der Waals surface area contributed by atoms with Crippen LogP contribution in [0.5, 0.6) is 5.88 Å². The average molecular weight is 425 g/mol. The predicted molar refractivity (Wildman–Crippen MR) is 116 cm³/mol. The summed E-state index contributed by atoms with van der Waals surface area (Å²) in [5.74, 6) is 1.03. The van der Waals surface area contributed by atoms with Crippen LogP contribution in [0.25, 0.3) is 11.1 Å².